The molecule has 9 nitrogen and oxygen atoms in total. The largest absolute Gasteiger partial charge is 0.465 e. The summed E-state index contributed by atoms with van der Waals surface area (Å²) in [6.45, 7) is 15.3. The molecule has 1 aliphatic heterocycles. The molecule has 0 saturated carbocycles. The summed E-state index contributed by atoms with van der Waals surface area (Å²) in [7, 11) is -2.31. The predicted octanol–water partition coefficient (Wildman–Crippen LogP) is 6.86. The third kappa shape index (κ3) is 7.20. The van der Waals surface area contributed by atoms with Crippen molar-refractivity contribution in [2.75, 3.05) is 23.3 Å². The number of nitrogens with one attached hydrogen (secondary N) is 2. The van der Waals surface area contributed by atoms with Crippen molar-refractivity contribution in [3.05, 3.63) is 71.4 Å². The smallest absolute Gasteiger partial charge is 0.412 e. The first kappa shape index (κ1) is 34.1. The van der Waals surface area contributed by atoms with Gasteiger partial charge in [-0.3, -0.25) is 14.7 Å². The molecule has 0 aliphatic carbocycles. The Hall–Kier alpha value is -3.81. The fourth-order valence-electron chi connectivity index (χ4n) is 5.12. The van der Waals surface area contributed by atoms with Gasteiger partial charge < -0.3 is 20.2 Å². The number of carboxylic acid groups (broad SMARTS) is 1. The van der Waals surface area contributed by atoms with Gasteiger partial charge in [-0.05, 0) is 66.4 Å². The van der Waals surface area contributed by atoms with E-state index < -0.39 is 61.2 Å². The molecule has 1 aliphatic rings. The summed E-state index contributed by atoms with van der Waals surface area (Å²) in [5.41, 5.74) is -1.11. The number of aryl methyl sites for hydroxylation is 1. The number of hydrogen-bond acceptors (Lipinski definition) is 6. The van der Waals surface area contributed by atoms with Gasteiger partial charge in [-0.1, -0.05) is 34.6 Å². The molecule has 0 radical (unpaired) electrons. The Morgan fingerprint density at radius 1 is 1.11 bits per heavy atom. The maximum absolute atomic E-state index is 14.8. The lowest BCUT2D eigenvalue weighted by atomic mass is 9.92. The van der Waals surface area contributed by atoms with Crippen LogP contribution in [0.5, 0.6) is 0 Å². The third-order valence-corrected chi connectivity index (χ3v) is 13.1. The van der Waals surface area contributed by atoms with Crippen molar-refractivity contribution in [1.82, 2.24) is 15.3 Å². The number of aromatic nitrogens is 2. The van der Waals surface area contributed by atoms with Gasteiger partial charge in [-0.2, -0.15) is 0 Å². The van der Waals surface area contributed by atoms with Crippen LogP contribution in [0.25, 0.3) is 11.3 Å². The number of carbonyl (C=O) groups excluding carboxylic acids is 1. The minimum atomic E-state index is -2.31. The zero-order valence-corrected chi connectivity index (χ0v) is 27.5. The summed E-state index contributed by atoms with van der Waals surface area (Å²) in [6.07, 6.45) is 1.37. The number of anilines is 2. The molecule has 3 aromatic rings. The molecule has 2 amide bonds. The minimum Gasteiger partial charge on any atom is -0.465 e. The summed E-state index contributed by atoms with van der Waals surface area (Å²) in [5.74, 6) is -3.90. The topological polar surface area (TPSA) is 117 Å². The Morgan fingerprint density at radius 3 is 2.38 bits per heavy atom. The number of hydrogen-bond donors (Lipinski definition) is 3. The second kappa shape index (κ2) is 13.3. The standard InChI is InChI=1S/C32H40F3N5O4Si/c1-8-19-13-21(34)27(22(35)14-19)28-20(33)9-10-23(38-28)30(41)39-24-16-36-12-11-25(24)40(31(42)43)26-17-37-15-18(2)29(26)44-45(6,7)32(3,4)5/h9-14,16,18,26,29,37H,8,15,17H2,1-7H3,(H,39,41)(H,42,43)/t18-,26+,29+/m0/s1. The Kier molecular flexibility index (Phi) is 10.0. The van der Waals surface area contributed by atoms with Crippen molar-refractivity contribution < 1.29 is 32.3 Å². The SMILES string of the molecule is CCc1cc(F)c(-c2nc(C(=O)Nc3cnccc3N(C(=O)O)[C@@H]3CNC[C@H](C)[C@H]3O[Si](C)(C)C(C)(C)C)ccc2F)c(F)c1. The number of pyridine rings is 2. The quantitative estimate of drug-likeness (QED) is 0.230. The van der Waals surface area contributed by atoms with Crippen LogP contribution >= 0.6 is 0 Å². The zero-order chi connectivity index (χ0) is 33.3. The second-order valence-corrected chi connectivity index (χ2v) is 17.6. The van der Waals surface area contributed by atoms with Crippen LogP contribution in [-0.2, 0) is 10.8 Å². The molecule has 0 bridgehead atoms. The first-order valence-electron chi connectivity index (χ1n) is 14.9. The van der Waals surface area contributed by atoms with Crippen molar-refractivity contribution in [1.29, 1.82) is 0 Å². The van der Waals surface area contributed by atoms with E-state index in [1.54, 1.807) is 6.92 Å². The van der Waals surface area contributed by atoms with Crippen LogP contribution in [0.4, 0.5) is 29.3 Å². The molecule has 1 aromatic carbocycles. The van der Waals surface area contributed by atoms with Gasteiger partial charge in [-0.25, -0.2) is 22.9 Å². The van der Waals surface area contributed by atoms with Crippen LogP contribution in [0.15, 0.2) is 42.7 Å². The van der Waals surface area contributed by atoms with Gasteiger partial charge in [-0.15, -0.1) is 0 Å². The Morgan fingerprint density at radius 2 is 1.78 bits per heavy atom. The number of halogens is 3. The van der Waals surface area contributed by atoms with Crippen molar-refractivity contribution >= 4 is 31.7 Å². The van der Waals surface area contributed by atoms with Crippen LogP contribution in [-0.4, -0.2) is 60.6 Å². The van der Waals surface area contributed by atoms with Crippen LogP contribution in [0.3, 0.4) is 0 Å². The fourth-order valence-corrected chi connectivity index (χ4v) is 6.55. The van der Waals surface area contributed by atoms with E-state index in [0.717, 1.165) is 24.3 Å². The van der Waals surface area contributed by atoms with Gasteiger partial charge in [0.1, 0.15) is 28.8 Å². The maximum atomic E-state index is 14.8. The summed E-state index contributed by atoms with van der Waals surface area (Å²) in [4.78, 5) is 35.5. The van der Waals surface area contributed by atoms with E-state index in [1.165, 1.54) is 23.4 Å². The first-order valence-corrected chi connectivity index (χ1v) is 17.8. The van der Waals surface area contributed by atoms with Crippen LogP contribution in [0, 0.1) is 23.4 Å². The van der Waals surface area contributed by atoms with E-state index in [1.807, 2.05) is 6.92 Å². The van der Waals surface area contributed by atoms with E-state index in [2.05, 4.69) is 54.5 Å². The third-order valence-electron chi connectivity index (χ3n) is 8.67. The van der Waals surface area contributed by atoms with Gasteiger partial charge in [0.2, 0.25) is 0 Å². The van der Waals surface area contributed by atoms with E-state index in [0.29, 0.717) is 25.1 Å². The van der Waals surface area contributed by atoms with Crippen molar-refractivity contribution in [2.45, 2.75) is 71.3 Å². The first-order chi connectivity index (χ1) is 21.1. The van der Waals surface area contributed by atoms with Gasteiger partial charge >= 0.3 is 6.09 Å². The number of piperidine rings is 1. The number of nitrogens with zero attached hydrogens (tertiary/aromatic N) is 3. The van der Waals surface area contributed by atoms with Gasteiger partial charge in [0.15, 0.2) is 8.32 Å². The Balaban J connectivity index is 1.70. The highest BCUT2D eigenvalue weighted by atomic mass is 28.4. The van der Waals surface area contributed by atoms with Gasteiger partial charge in [0.25, 0.3) is 5.91 Å². The Labute approximate surface area is 262 Å². The predicted molar refractivity (Wildman–Crippen MR) is 170 cm³/mol. The lowest BCUT2D eigenvalue weighted by molar-refractivity contribution is 0.0740. The number of amides is 2. The lowest BCUT2D eigenvalue weighted by Crippen LogP contribution is -2.62. The number of benzene rings is 1. The van der Waals surface area contributed by atoms with Crippen LogP contribution in [0.1, 0.15) is 50.7 Å². The Bertz CT molecular complexity index is 1560. The molecule has 242 valence electrons. The highest BCUT2D eigenvalue weighted by Crippen LogP contribution is 2.40. The van der Waals surface area contributed by atoms with Crippen molar-refractivity contribution in [3.8, 4) is 11.3 Å². The molecule has 2 aromatic heterocycles. The average Bonchev–Trinajstić information content (AvgIpc) is 2.95. The molecule has 0 unspecified atom stereocenters. The molecule has 3 atom stereocenters. The van der Waals surface area contributed by atoms with Crippen LogP contribution in [0.2, 0.25) is 18.1 Å². The zero-order valence-electron chi connectivity index (χ0n) is 26.5. The minimum absolute atomic E-state index is 0.0198. The van der Waals surface area contributed by atoms with Crippen LogP contribution < -0.4 is 15.5 Å². The fraction of sp³-hybridized carbons (Fsp3) is 0.438. The molecule has 1 fully saturated rings. The van der Waals surface area contributed by atoms with E-state index in [-0.39, 0.29) is 28.0 Å². The summed E-state index contributed by atoms with van der Waals surface area (Å²) < 4.78 is 51.3. The molecule has 13 heteroatoms. The molecule has 1 saturated heterocycles. The summed E-state index contributed by atoms with van der Waals surface area (Å²) in [6, 6.07) is 4.98. The van der Waals surface area contributed by atoms with E-state index >= 15 is 0 Å². The number of carbonyl (C=O) groups is 2. The van der Waals surface area contributed by atoms with E-state index in [9.17, 15) is 27.9 Å². The highest BCUT2D eigenvalue weighted by molar-refractivity contribution is 6.74. The van der Waals surface area contributed by atoms with Gasteiger partial charge in [0.05, 0.1) is 35.3 Å². The second-order valence-electron chi connectivity index (χ2n) is 12.9. The normalized spacial score (nSPS) is 18.8. The molecule has 45 heavy (non-hydrogen) atoms. The van der Waals surface area contributed by atoms with Crippen molar-refractivity contribution in [3.63, 3.8) is 0 Å². The molecular formula is C32H40F3N5O4Si. The number of rotatable bonds is 8. The lowest BCUT2D eigenvalue weighted by Gasteiger charge is -2.47. The van der Waals surface area contributed by atoms with E-state index in [4.69, 9.17) is 4.43 Å². The molecule has 3 heterocycles. The summed E-state index contributed by atoms with van der Waals surface area (Å²) >= 11 is 0. The highest BCUT2D eigenvalue weighted by Gasteiger charge is 2.46. The molecule has 4 rings (SSSR count). The maximum Gasteiger partial charge on any atom is 0.412 e. The van der Waals surface area contributed by atoms with Gasteiger partial charge in [0, 0.05) is 19.3 Å². The molecular weight excluding hydrogens is 603 g/mol. The molecule has 0 spiro atoms. The average molecular weight is 644 g/mol. The molecule has 3 N–H and O–H groups in total. The summed E-state index contributed by atoms with van der Waals surface area (Å²) in [5, 5.41) is 16.3. The van der Waals surface area contributed by atoms with Crippen molar-refractivity contribution in [2.24, 2.45) is 5.92 Å². The monoisotopic (exact) mass is 643 g/mol.